The van der Waals surface area contributed by atoms with Gasteiger partial charge < -0.3 is 15.8 Å². The van der Waals surface area contributed by atoms with Crippen molar-refractivity contribution in [1.29, 1.82) is 0 Å². The SMILES string of the molecule is NC(CN1CCN(C(=O)Cc2cccc(F)c2)CC1)=NO. The maximum Gasteiger partial charge on any atom is 0.227 e. The second-order valence-corrected chi connectivity index (χ2v) is 5.05. The second kappa shape index (κ2) is 7.03. The van der Waals surface area contributed by atoms with Crippen LogP contribution in [0.5, 0.6) is 0 Å². The van der Waals surface area contributed by atoms with Crippen molar-refractivity contribution in [2.24, 2.45) is 10.9 Å². The Balaban J connectivity index is 1.83. The predicted octanol–water partition coefficient (Wildman–Crippen LogP) is 0.259. The third kappa shape index (κ3) is 4.42. The zero-order chi connectivity index (χ0) is 15.2. The van der Waals surface area contributed by atoms with Crippen molar-refractivity contribution in [3.8, 4) is 0 Å². The molecule has 21 heavy (non-hydrogen) atoms. The Labute approximate surface area is 122 Å². The van der Waals surface area contributed by atoms with Crippen LogP contribution in [0.4, 0.5) is 4.39 Å². The van der Waals surface area contributed by atoms with Gasteiger partial charge in [0.2, 0.25) is 5.91 Å². The minimum atomic E-state index is -0.330. The molecule has 1 amide bonds. The molecule has 1 aromatic carbocycles. The summed E-state index contributed by atoms with van der Waals surface area (Å²) >= 11 is 0. The summed E-state index contributed by atoms with van der Waals surface area (Å²) in [6.07, 6.45) is 0.206. The highest BCUT2D eigenvalue weighted by Crippen LogP contribution is 2.08. The molecule has 1 fully saturated rings. The Hall–Kier alpha value is -2.15. The van der Waals surface area contributed by atoms with Crippen LogP contribution in [0.15, 0.2) is 29.4 Å². The van der Waals surface area contributed by atoms with Crippen molar-refractivity contribution < 1.29 is 14.4 Å². The van der Waals surface area contributed by atoms with Crippen molar-refractivity contribution >= 4 is 11.7 Å². The number of carbonyl (C=O) groups excluding carboxylic acids is 1. The number of halogens is 1. The third-order valence-electron chi connectivity index (χ3n) is 3.48. The molecule has 0 bridgehead atoms. The number of piperazine rings is 1. The lowest BCUT2D eigenvalue weighted by molar-refractivity contribution is -0.132. The zero-order valence-electron chi connectivity index (χ0n) is 11.7. The maximum absolute atomic E-state index is 13.1. The highest BCUT2D eigenvalue weighted by atomic mass is 19.1. The van der Waals surface area contributed by atoms with Gasteiger partial charge in [-0.05, 0) is 17.7 Å². The average Bonchev–Trinajstić information content (AvgIpc) is 2.47. The van der Waals surface area contributed by atoms with Crippen LogP contribution in [0.3, 0.4) is 0 Å². The Morgan fingerprint density at radius 2 is 2.05 bits per heavy atom. The van der Waals surface area contributed by atoms with Gasteiger partial charge in [-0.1, -0.05) is 17.3 Å². The van der Waals surface area contributed by atoms with Gasteiger partial charge >= 0.3 is 0 Å². The number of hydrogen-bond acceptors (Lipinski definition) is 4. The maximum atomic E-state index is 13.1. The summed E-state index contributed by atoms with van der Waals surface area (Å²) in [6, 6.07) is 6.09. The fourth-order valence-corrected chi connectivity index (χ4v) is 2.35. The quantitative estimate of drug-likeness (QED) is 0.361. The lowest BCUT2D eigenvalue weighted by atomic mass is 10.1. The smallest absolute Gasteiger partial charge is 0.227 e. The van der Waals surface area contributed by atoms with Gasteiger partial charge in [-0.25, -0.2) is 4.39 Å². The molecular weight excluding hydrogens is 275 g/mol. The molecule has 0 aromatic heterocycles. The molecule has 0 atom stereocenters. The molecule has 0 saturated carbocycles. The number of amidine groups is 1. The van der Waals surface area contributed by atoms with E-state index in [0.29, 0.717) is 38.3 Å². The second-order valence-electron chi connectivity index (χ2n) is 5.05. The standard InChI is InChI=1S/C14H19FN4O2/c15-12-3-1-2-11(8-12)9-14(20)19-6-4-18(5-7-19)10-13(16)17-21/h1-3,8,21H,4-7,9-10H2,(H2,16,17). The van der Waals surface area contributed by atoms with Gasteiger partial charge in [0.15, 0.2) is 5.84 Å². The number of nitrogens with two attached hydrogens (primary N) is 1. The molecule has 0 spiro atoms. The van der Waals surface area contributed by atoms with Crippen LogP contribution in [0.2, 0.25) is 0 Å². The number of benzene rings is 1. The first-order valence-corrected chi connectivity index (χ1v) is 6.79. The Morgan fingerprint density at radius 3 is 2.67 bits per heavy atom. The minimum Gasteiger partial charge on any atom is -0.409 e. The minimum absolute atomic E-state index is 0.0101. The molecule has 1 heterocycles. The molecule has 0 radical (unpaired) electrons. The molecule has 1 saturated heterocycles. The van der Waals surface area contributed by atoms with E-state index >= 15 is 0 Å². The van der Waals surface area contributed by atoms with E-state index in [0.717, 1.165) is 0 Å². The first-order chi connectivity index (χ1) is 10.1. The van der Waals surface area contributed by atoms with Crippen molar-refractivity contribution in [2.45, 2.75) is 6.42 Å². The number of hydrogen-bond donors (Lipinski definition) is 2. The van der Waals surface area contributed by atoms with E-state index in [9.17, 15) is 9.18 Å². The predicted molar refractivity (Wildman–Crippen MR) is 76.5 cm³/mol. The largest absolute Gasteiger partial charge is 0.409 e. The summed E-state index contributed by atoms with van der Waals surface area (Å²) in [5, 5.41) is 11.5. The molecule has 6 nitrogen and oxygen atoms in total. The van der Waals surface area contributed by atoms with Crippen LogP contribution in [-0.4, -0.2) is 59.5 Å². The fraction of sp³-hybridized carbons (Fsp3) is 0.429. The molecule has 3 N–H and O–H groups in total. The van der Waals surface area contributed by atoms with E-state index in [1.165, 1.54) is 12.1 Å². The van der Waals surface area contributed by atoms with Crippen LogP contribution < -0.4 is 5.73 Å². The molecular formula is C14H19FN4O2. The van der Waals surface area contributed by atoms with Crippen LogP contribution >= 0.6 is 0 Å². The monoisotopic (exact) mass is 294 g/mol. The lowest BCUT2D eigenvalue weighted by Crippen LogP contribution is -2.51. The highest BCUT2D eigenvalue weighted by molar-refractivity contribution is 5.81. The number of carbonyl (C=O) groups is 1. The number of rotatable bonds is 4. The number of nitrogens with zero attached hydrogens (tertiary/aromatic N) is 3. The summed E-state index contributed by atoms with van der Waals surface area (Å²) in [6.45, 7) is 2.92. The number of amides is 1. The van der Waals surface area contributed by atoms with Crippen LogP contribution in [0.25, 0.3) is 0 Å². The summed E-state index contributed by atoms with van der Waals surface area (Å²) < 4.78 is 13.1. The van der Waals surface area contributed by atoms with E-state index in [1.807, 2.05) is 4.90 Å². The van der Waals surface area contributed by atoms with E-state index in [4.69, 9.17) is 10.9 Å². The molecule has 0 aliphatic carbocycles. The van der Waals surface area contributed by atoms with E-state index in [2.05, 4.69) is 5.16 Å². The van der Waals surface area contributed by atoms with Crippen molar-refractivity contribution in [3.05, 3.63) is 35.6 Å². The highest BCUT2D eigenvalue weighted by Gasteiger charge is 2.21. The van der Waals surface area contributed by atoms with Crippen LogP contribution in [0.1, 0.15) is 5.56 Å². The molecule has 1 aliphatic heterocycles. The molecule has 0 unspecified atom stereocenters. The van der Waals surface area contributed by atoms with Gasteiger partial charge in [0.25, 0.3) is 0 Å². The zero-order valence-corrected chi connectivity index (χ0v) is 11.7. The van der Waals surface area contributed by atoms with Gasteiger partial charge in [0.1, 0.15) is 5.82 Å². The van der Waals surface area contributed by atoms with E-state index < -0.39 is 0 Å². The van der Waals surface area contributed by atoms with E-state index in [-0.39, 0.29) is 24.0 Å². The summed E-state index contributed by atoms with van der Waals surface area (Å²) in [5.41, 5.74) is 6.14. The van der Waals surface area contributed by atoms with Crippen LogP contribution in [0, 0.1) is 5.82 Å². The van der Waals surface area contributed by atoms with Crippen LogP contribution in [-0.2, 0) is 11.2 Å². The van der Waals surface area contributed by atoms with Gasteiger partial charge in [-0.2, -0.15) is 0 Å². The summed E-state index contributed by atoms with van der Waals surface area (Å²) in [7, 11) is 0. The molecule has 1 aliphatic rings. The van der Waals surface area contributed by atoms with Crippen molar-refractivity contribution in [3.63, 3.8) is 0 Å². The van der Waals surface area contributed by atoms with Gasteiger partial charge in [0.05, 0.1) is 13.0 Å². The van der Waals surface area contributed by atoms with Gasteiger partial charge in [-0.15, -0.1) is 0 Å². The average molecular weight is 294 g/mol. The number of oxime groups is 1. The Morgan fingerprint density at radius 1 is 1.33 bits per heavy atom. The van der Waals surface area contributed by atoms with E-state index in [1.54, 1.807) is 17.0 Å². The topological polar surface area (TPSA) is 82.2 Å². The first-order valence-electron chi connectivity index (χ1n) is 6.79. The van der Waals surface area contributed by atoms with Crippen molar-refractivity contribution in [2.75, 3.05) is 32.7 Å². The lowest BCUT2D eigenvalue weighted by Gasteiger charge is -2.34. The summed E-state index contributed by atoms with van der Waals surface area (Å²) in [4.78, 5) is 15.9. The third-order valence-corrected chi connectivity index (χ3v) is 3.48. The molecule has 7 heteroatoms. The molecule has 114 valence electrons. The Kier molecular flexibility index (Phi) is 5.10. The fourth-order valence-electron chi connectivity index (χ4n) is 2.35. The normalized spacial score (nSPS) is 17.0. The molecule has 2 rings (SSSR count). The van der Waals surface area contributed by atoms with Gasteiger partial charge in [-0.3, -0.25) is 9.69 Å². The van der Waals surface area contributed by atoms with Crippen molar-refractivity contribution in [1.82, 2.24) is 9.80 Å². The first kappa shape index (κ1) is 15.2. The summed E-state index contributed by atoms with van der Waals surface area (Å²) in [5.74, 6) is -0.178. The molecule has 1 aromatic rings. The van der Waals surface area contributed by atoms with Gasteiger partial charge in [0, 0.05) is 26.2 Å². The Bertz CT molecular complexity index is 527.